The first kappa shape index (κ1) is 16.1. The molecular formula is C16H17N3O5. The average Bonchev–Trinajstić information content (AvgIpc) is 3.08. The van der Waals surface area contributed by atoms with Crippen molar-refractivity contribution in [3.8, 4) is 0 Å². The first-order valence-corrected chi connectivity index (χ1v) is 7.71. The molecule has 0 aliphatic carbocycles. The summed E-state index contributed by atoms with van der Waals surface area (Å²) in [6.45, 7) is 0.993. The number of hydrogen-bond acceptors (Lipinski definition) is 5. The molecule has 0 radical (unpaired) electrons. The number of fused-ring (bicyclic) bond motifs is 1. The van der Waals surface area contributed by atoms with Gasteiger partial charge in [0.05, 0.1) is 16.5 Å². The zero-order chi connectivity index (χ0) is 17.1. The Balaban J connectivity index is 1.79. The molecule has 0 bridgehead atoms. The normalized spacial score (nSPS) is 17.1. The number of ether oxygens (including phenoxy) is 1. The Hall–Kier alpha value is -2.74. The second-order valence-corrected chi connectivity index (χ2v) is 5.70. The number of nitro groups is 1. The third kappa shape index (κ3) is 3.43. The summed E-state index contributed by atoms with van der Waals surface area (Å²) in [5.41, 5.74) is 0.0968. The molecule has 1 fully saturated rings. The van der Waals surface area contributed by atoms with Gasteiger partial charge in [-0.05, 0) is 25.0 Å². The second kappa shape index (κ2) is 6.79. The highest BCUT2D eigenvalue weighted by atomic mass is 16.6. The first-order chi connectivity index (χ1) is 11.5. The Labute approximate surface area is 137 Å². The number of rotatable bonds is 5. The van der Waals surface area contributed by atoms with E-state index in [4.69, 9.17) is 4.74 Å². The second-order valence-electron chi connectivity index (χ2n) is 5.70. The lowest BCUT2D eigenvalue weighted by Gasteiger charge is -2.13. The van der Waals surface area contributed by atoms with Gasteiger partial charge in [-0.15, -0.1) is 0 Å². The van der Waals surface area contributed by atoms with Crippen LogP contribution in [-0.4, -0.2) is 34.7 Å². The van der Waals surface area contributed by atoms with Crippen molar-refractivity contribution in [2.24, 2.45) is 0 Å². The van der Waals surface area contributed by atoms with Crippen LogP contribution in [0.1, 0.15) is 12.8 Å². The van der Waals surface area contributed by atoms with E-state index in [2.05, 4.69) is 5.32 Å². The van der Waals surface area contributed by atoms with Crippen molar-refractivity contribution in [3.63, 3.8) is 0 Å². The lowest BCUT2D eigenvalue weighted by Crippen LogP contribution is -2.36. The molecule has 1 unspecified atom stereocenters. The number of carbonyl (C=O) groups excluding carboxylic acids is 1. The monoisotopic (exact) mass is 331 g/mol. The van der Waals surface area contributed by atoms with Gasteiger partial charge in [0.25, 0.3) is 11.2 Å². The highest BCUT2D eigenvalue weighted by molar-refractivity contribution is 5.83. The van der Waals surface area contributed by atoms with Gasteiger partial charge in [-0.25, -0.2) is 0 Å². The first-order valence-electron chi connectivity index (χ1n) is 7.71. The number of carbonyl (C=O) groups is 1. The van der Waals surface area contributed by atoms with Gasteiger partial charge in [-0.3, -0.25) is 24.3 Å². The summed E-state index contributed by atoms with van der Waals surface area (Å²) in [5.74, 6) is -0.293. The van der Waals surface area contributed by atoms with E-state index in [0.717, 1.165) is 12.8 Å². The van der Waals surface area contributed by atoms with Crippen molar-refractivity contribution >= 4 is 22.5 Å². The minimum absolute atomic E-state index is 0.0286. The van der Waals surface area contributed by atoms with E-state index in [1.54, 1.807) is 0 Å². The van der Waals surface area contributed by atoms with E-state index < -0.39 is 4.92 Å². The molecule has 1 saturated heterocycles. The summed E-state index contributed by atoms with van der Waals surface area (Å²) >= 11 is 0. The lowest BCUT2D eigenvalue weighted by molar-refractivity contribution is -0.384. The van der Waals surface area contributed by atoms with Gasteiger partial charge in [-0.2, -0.15) is 0 Å². The average molecular weight is 331 g/mol. The van der Waals surface area contributed by atoms with E-state index in [0.29, 0.717) is 24.1 Å². The molecule has 2 heterocycles. The molecule has 0 saturated carbocycles. The lowest BCUT2D eigenvalue weighted by atomic mass is 10.2. The van der Waals surface area contributed by atoms with Crippen molar-refractivity contribution < 1.29 is 14.5 Å². The summed E-state index contributed by atoms with van der Waals surface area (Å²) in [4.78, 5) is 34.5. The Bertz CT molecular complexity index is 839. The van der Waals surface area contributed by atoms with Crippen molar-refractivity contribution in [1.29, 1.82) is 0 Å². The van der Waals surface area contributed by atoms with Crippen molar-refractivity contribution in [3.05, 3.63) is 50.8 Å². The van der Waals surface area contributed by atoms with E-state index in [-0.39, 0.29) is 29.8 Å². The van der Waals surface area contributed by atoms with Crippen LogP contribution >= 0.6 is 0 Å². The maximum atomic E-state index is 12.1. The molecule has 1 N–H and O–H groups in total. The van der Waals surface area contributed by atoms with Gasteiger partial charge in [-0.1, -0.05) is 0 Å². The van der Waals surface area contributed by atoms with Crippen molar-refractivity contribution in [2.45, 2.75) is 25.5 Å². The molecule has 126 valence electrons. The molecule has 8 heteroatoms. The number of non-ortho nitro benzene ring substituents is 1. The Kier molecular flexibility index (Phi) is 4.57. The van der Waals surface area contributed by atoms with Crippen LogP contribution in [0.3, 0.4) is 0 Å². The number of aromatic nitrogens is 1. The molecular weight excluding hydrogens is 314 g/mol. The third-order valence-electron chi connectivity index (χ3n) is 4.04. The molecule has 1 amide bonds. The number of amides is 1. The number of hydrogen-bond donors (Lipinski definition) is 1. The van der Waals surface area contributed by atoms with E-state index in [1.807, 2.05) is 0 Å². The van der Waals surface area contributed by atoms with E-state index in [1.165, 1.54) is 34.9 Å². The minimum Gasteiger partial charge on any atom is -0.376 e. The quantitative estimate of drug-likeness (QED) is 0.655. The number of nitrogens with zero attached hydrogens (tertiary/aromatic N) is 2. The van der Waals surface area contributed by atoms with Crippen LogP contribution in [0.15, 0.2) is 35.1 Å². The number of nitrogens with one attached hydrogen (secondary N) is 1. The molecule has 24 heavy (non-hydrogen) atoms. The molecule has 2 aromatic rings. The fraction of sp³-hybridized carbons (Fsp3) is 0.375. The van der Waals surface area contributed by atoms with E-state index in [9.17, 15) is 19.7 Å². The van der Waals surface area contributed by atoms with Crippen LogP contribution in [0.25, 0.3) is 10.9 Å². The summed E-state index contributed by atoms with van der Waals surface area (Å²) in [5, 5.41) is 14.1. The van der Waals surface area contributed by atoms with Crippen LogP contribution in [0.4, 0.5) is 5.69 Å². The van der Waals surface area contributed by atoms with Crippen LogP contribution in [0.2, 0.25) is 0 Å². The van der Waals surface area contributed by atoms with Gasteiger partial charge in [0.2, 0.25) is 5.91 Å². The smallest absolute Gasteiger partial charge is 0.270 e. The Morgan fingerprint density at radius 3 is 2.92 bits per heavy atom. The maximum absolute atomic E-state index is 12.1. The molecule has 1 aromatic heterocycles. The SMILES string of the molecule is O=C(Cn1c(=O)ccc2cc([N+](=O)[O-])ccc21)NCC1CCCO1. The number of pyridine rings is 1. The van der Waals surface area contributed by atoms with Crippen LogP contribution < -0.4 is 10.9 Å². The predicted molar refractivity (Wildman–Crippen MR) is 86.8 cm³/mol. The molecule has 8 nitrogen and oxygen atoms in total. The molecule has 0 spiro atoms. The van der Waals surface area contributed by atoms with Gasteiger partial charge in [0, 0.05) is 36.7 Å². The zero-order valence-electron chi connectivity index (χ0n) is 12.9. The maximum Gasteiger partial charge on any atom is 0.270 e. The van der Waals surface area contributed by atoms with Gasteiger partial charge >= 0.3 is 0 Å². The summed E-state index contributed by atoms with van der Waals surface area (Å²) in [7, 11) is 0. The molecule has 1 aliphatic rings. The van der Waals surface area contributed by atoms with Gasteiger partial charge in [0.1, 0.15) is 6.54 Å². The fourth-order valence-corrected chi connectivity index (χ4v) is 2.80. The summed E-state index contributed by atoms with van der Waals surface area (Å²) in [6.07, 6.45) is 1.93. The van der Waals surface area contributed by atoms with Crippen LogP contribution in [0.5, 0.6) is 0 Å². The summed E-state index contributed by atoms with van der Waals surface area (Å²) in [6, 6.07) is 7.02. The molecule has 1 aromatic carbocycles. The van der Waals surface area contributed by atoms with Gasteiger partial charge in [0.15, 0.2) is 0 Å². The fourth-order valence-electron chi connectivity index (χ4n) is 2.80. The zero-order valence-corrected chi connectivity index (χ0v) is 12.9. The van der Waals surface area contributed by atoms with Crippen molar-refractivity contribution in [2.75, 3.05) is 13.2 Å². The Morgan fingerprint density at radius 1 is 1.38 bits per heavy atom. The third-order valence-corrected chi connectivity index (χ3v) is 4.04. The highest BCUT2D eigenvalue weighted by Gasteiger charge is 2.17. The largest absolute Gasteiger partial charge is 0.376 e. The number of nitro benzene ring substituents is 1. The predicted octanol–water partition coefficient (Wildman–Crippen LogP) is 1.20. The summed E-state index contributed by atoms with van der Waals surface area (Å²) < 4.78 is 6.75. The molecule has 1 atom stereocenters. The molecule has 3 rings (SSSR count). The van der Waals surface area contributed by atoms with Crippen LogP contribution in [0, 0.1) is 10.1 Å². The highest BCUT2D eigenvalue weighted by Crippen LogP contribution is 2.19. The minimum atomic E-state index is -0.497. The topological polar surface area (TPSA) is 103 Å². The molecule has 1 aliphatic heterocycles. The van der Waals surface area contributed by atoms with Crippen LogP contribution in [-0.2, 0) is 16.1 Å². The van der Waals surface area contributed by atoms with E-state index >= 15 is 0 Å². The van der Waals surface area contributed by atoms with Gasteiger partial charge < -0.3 is 10.1 Å². The Morgan fingerprint density at radius 2 is 2.21 bits per heavy atom. The van der Waals surface area contributed by atoms with Crippen molar-refractivity contribution in [1.82, 2.24) is 9.88 Å². The standard InChI is InChI=1S/C16H17N3O5/c20-15(17-9-13-2-1-7-24-13)10-18-14-5-4-12(19(22)23)8-11(14)3-6-16(18)21/h3-6,8,13H,1-2,7,9-10H2,(H,17,20). The number of benzene rings is 1.